The van der Waals surface area contributed by atoms with E-state index < -0.39 is 0 Å². The van der Waals surface area contributed by atoms with Crippen LogP contribution in [0.25, 0.3) is 10.9 Å². The molecule has 126 valence electrons. The van der Waals surface area contributed by atoms with Gasteiger partial charge in [-0.1, -0.05) is 50.1 Å². The largest absolute Gasteiger partial charge is 0.384 e. The number of nitrogens with two attached hydrogens (primary N) is 1. The molecule has 0 aliphatic rings. The summed E-state index contributed by atoms with van der Waals surface area (Å²) in [5.74, 6) is 0. The van der Waals surface area contributed by atoms with Crippen LogP contribution in [0.3, 0.4) is 0 Å². The Morgan fingerprint density at radius 1 is 0.913 bits per heavy atom. The molecule has 3 nitrogen and oxygen atoms in total. The van der Waals surface area contributed by atoms with Crippen LogP contribution in [0.2, 0.25) is 5.02 Å². The van der Waals surface area contributed by atoms with Crippen LogP contribution in [-0.2, 0) is 0 Å². The summed E-state index contributed by atoms with van der Waals surface area (Å²) in [4.78, 5) is 4.37. The van der Waals surface area contributed by atoms with Gasteiger partial charge < -0.3 is 11.1 Å². The number of halogens is 1. The van der Waals surface area contributed by atoms with Crippen molar-refractivity contribution in [3.8, 4) is 0 Å². The fraction of sp³-hybridized carbons (Fsp3) is 0.526. The summed E-state index contributed by atoms with van der Waals surface area (Å²) in [6, 6.07) is 7.90. The molecule has 23 heavy (non-hydrogen) atoms. The summed E-state index contributed by atoms with van der Waals surface area (Å²) < 4.78 is 0. The second-order valence-corrected chi connectivity index (χ2v) is 6.50. The number of nitrogens with one attached hydrogen (secondary N) is 1. The Balaban J connectivity index is 1.63. The first-order valence-electron chi connectivity index (χ1n) is 8.79. The smallest absolute Gasteiger partial charge is 0.0737 e. The second-order valence-electron chi connectivity index (χ2n) is 6.06. The highest BCUT2D eigenvalue weighted by molar-refractivity contribution is 6.31. The van der Waals surface area contributed by atoms with Crippen molar-refractivity contribution in [3.05, 3.63) is 35.5 Å². The molecule has 3 N–H and O–H groups in total. The normalized spacial score (nSPS) is 11.0. The zero-order chi connectivity index (χ0) is 16.3. The molecule has 1 heterocycles. The van der Waals surface area contributed by atoms with Gasteiger partial charge >= 0.3 is 0 Å². The van der Waals surface area contributed by atoms with Crippen molar-refractivity contribution in [2.45, 2.75) is 51.4 Å². The number of pyridine rings is 1. The minimum atomic E-state index is 0.730. The van der Waals surface area contributed by atoms with Crippen LogP contribution >= 0.6 is 11.6 Å². The number of nitrogens with zero attached hydrogens (tertiary/aromatic N) is 1. The minimum absolute atomic E-state index is 0.730. The summed E-state index contributed by atoms with van der Waals surface area (Å²) >= 11 is 6.02. The van der Waals surface area contributed by atoms with E-state index in [9.17, 15) is 0 Å². The molecule has 2 rings (SSSR count). The van der Waals surface area contributed by atoms with E-state index in [0.717, 1.165) is 34.7 Å². The number of rotatable bonds is 11. The third-order valence-electron chi connectivity index (χ3n) is 4.15. The first-order valence-corrected chi connectivity index (χ1v) is 9.17. The van der Waals surface area contributed by atoms with Gasteiger partial charge in [-0.15, -0.1) is 0 Å². The molecule has 0 saturated carbocycles. The van der Waals surface area contributed by atoms with Crippen LogP contribution < -0.4 is 11.1 Å². The van der Waals surface area contributed by atoms with Crippen LogP contribution in [0.5, 0.6) is 0 Å². The highest BCUT2D eigenvalue weighted by Crippen LogP contribution is 2.24. The summed E-state index contributed by atoms with van der Waals surface area (Å²) in [6.45, 7) is 1.84. The predicted molar refractivity (Wildman–Crippen MR) is 101 cm³/mol. The number of anilines is 1. The molecule has 0 spiro atoms. The summed E-state index contributed by atoms with van der Waals surface area (Å²) in [7, 11) is 0. The van der Waals surface area contributed by atoms with Crippen molar-refractivity contribution in [3.63, 3.8) is 0 Å². The Labute approximate surface area is 144 Å². The van der Waals surface area contributed by atoms with Crippen LogP contribution in [-0.4, -0.2) is 18.1 Å². The van der Waals surface area contributed by atoms with Gasteiger partial charge in [0.2, 0.25) is 0 Å². The van der Waals surface area contributed by atoms with Gasteiger partial charge in [-0.25, -0.2) is 0 Å². The van der Waals surface area contributed by atoms with E-state index in [1.54, 1.807) is 0 Å². The molecular weight excluding hydrogens is 306 g/mol. The summed E-state index contributed by atoms with van der Waals surface area (Å²) in [5, 5.41) is 5.40. The minimum Gasteiger partial charge on any atom is -0.384 e. The van der Waals surface area contributed by atoms with Gasteiger partial charge in [0, 0.05) is 28.8 Å². The van der Waals surface area contributed by atoms with Crippen LogP contribution in [0.1, 0.15) is 51.4 Å². The Morgan fingerprint density at radius 2 is 1.61 bits per heavy atom. The standard InChI is InChI=1S/C19H28ClN3/c20-16-9-10-17-18(11-14-23-19(17)15-16)22-13-8-6-4-2-1-3-5-7-12-21/h9-11,14-15H,1-8,12-13,21H2,(H,22,23). The van der Waals surface area contributed by atoms with E-state index in [4.69, 9.17) is 17.3 Å². The fourth-order valence-corrected chi connectivity index (χ4v) is 2.99. The third-order valence-corrected chi connectivity index (χ3v) is 4.39. The number of aromatic nitrogens is 1. The maximum atomic E-state index is 6.02. The fourth-order valence-electron chi connectivity index (χ4n) is 2.83. The van der Waals surface area contributed by atoms with E-state index in [2.05, 4.69) is 10.3 Å². The Hall–Kier alpha value is -1.32. The highest BCUT2D eigenvalue weighted by atomic mass is 35.5. The Bertz CT molecular complexity index is 586. The van der Waals surface area contributed by atoms with Crippen molar-refractivity contribution in [2.24, 2.45) is 5.73 Å². The molecule has 0 saturated heterocycles. The molecule has 0 radical (unpaired) electrons. The van der Waals surface area contributed by atoms with Gasteiger partial charge in [0.05, 0.1) is 5.52 Å². The SMILES string of the molecule is NCCCCCCCCCCNc1ccnc2cc(Cl)ccc12. The molecule has 0 bridgehead atoms. The lowest BCUT2D eigenvalue weighted by Gasteiger charge is -2.09. The quantitative estimate of drug-likeness (QED) is 0.543. The maximum Gasteiger partial charge on any atom is 0.0737 e. The van der Waals surface area contributed by atoms with Crippen molar-refractivity contribution < 1.29 is 0 Å². The number of hydrogen-bond donors (Lipinski definition) is 2. The van der Waals surface area contributed by atoms with E-state index in [1.807, 2.05) is 30.5 Å². The number of unbranched alkanes of at least 4 members (excludes halogenated alkanes) is 7. The van der Waals surface area contributed by atoms with Crippen LogP contribution in [0, 0.1) is 0 Å². The first kappa shape index (κ1) is 18.0. The molecule has 2 aromatic rings. The molecule has 1 aromatic heterocycles. The van der Waals surface area contributed by atoms with Gasteiger partial charge in [-0.3, -0.25) is 4.98 Å². The second kappa shape index (κ2) is 10.5. The first-order chi connectivity index (χ1) is 11.3. The van der Waals surface area contributed by atoms with E-state index in [1.165, 1.54) is 51.4 Å². The van der Waals surface area contributed by atoms with Crippen LogP contribution in [0.15, 0.2) is 30.5 Å². The van der Waals surface area contributed by atoms with Gasteiger partial charge in [0.1, 0.15) is 0 Å². The molecule has 0 atom stereocenters. The van der Waals surface area contributed by atoms with E-state index in [0.29, 0.717) is 0 Å². The topological polar surface area (TPSA) is 50.9 Å². The molecule has 0 fully saturated rings. The molecule has 0 unspecified atom stereocenters. The molecule has 4 heteroatoms. The van der Waals surface area contributed by atoms with Gasteiger partial charge in [0.25, 0.3) is 0 Å². The van der Waals surface area contributed by atoms with Crippen molar-refractivity contribution in [1.82, 2.24) is 4.98 Å². The van der Waals surface area contributed by atoms with Crippen molar-refractivity contribution in [1.29, 1.82) is 0 Å². The monoisotopic (exact) mass is 333 g/mol. The molecular formula is C19H28ClN3. The Kier molecular flexibility index (Phi) is 8.19. The van der Waals surface area contributed by atoms with Crippen LogP contribution in [0.4, 0.5) is 5.69 Å². The average Bonchev–Trinajstić information content (AvgIpc) is 2.56. The molecule has 0 aliphatic carbocycles. The number of benzene rings is 1. The zero-order valence-electron chi connectivity index (χ0n) is 13.9. The number of fused-ring (bicyclic) bond motifs is 1. The molecule has 0 aliphatic heterocycles. The van der Waals surface area contributed by atoms with Gasteiger partial charge in [-0.05, 0) is 43.7 Å². The lowest BCUT2D eigenvalue weighted by Crippen LogP contribution is -2.02. The lowest BCUT2D eigenvalue weighted by molar-refractivity contribution is 0.575. The van der Waals surface area contributed by atoms with Crippen molar-refractivity contribution >= 4 is 28.2 Å². The van der Waals surface area contributed by atoms with E-state index in [-0.39, 0.29) is 0 Å². The average molecular weight is 334 g/mol. The molecule has 0 amide bonds. The summed E-state index contributed by atoms with van der Waals surface area (Å²) in [6.07, 6.45) is 12.2. The molecule has 1 aromatic carbocycles. The van der Waals surface area contributed by atoms with E-state index >= 15 is 0 Å². The van der Waals surface area contributed by atoms with Gasteiger partial charge in [-0.2, -0.15) is 0 Å². The van der Waals surface area contributed by atoms with Crippen molar-refractivity contribution in [2.75, 3.05) is 18.4 Å². The highest BCUT2D eigenvalue weighted by Gasteiger charge is 2.02. The zero-order valence-corrected chi connectivity index (χ0v) is 14.6. The number of hydrogen-bond acceptors (Lipinski definition) is 3. The maximum absolute atomic E-state index is 6.02. The lowest BCUT2D eigenvalue weighted by atomic mass is 10.1. The summed E-state index contributed by atoms with van der Waals surface area (Å²) in [5.41, 5.74) is 7.59. The van der Waals surface area contributed by atoms with Gasteiger partial charge in [0.15, 0.2) is 0 Å². The third kappa shape index (κ3) is 6.36. The Morgan fingerprint density at radius 3 is 2.35 bits per heavy atom. The predicted octanol–water partition coefficient (Wildman–Crippen LogP) is 5.38.